The number of aromatic hydroxyl groups is 1. The molecule has 2 heterocycles. The normalized spacial score (nSPS) is 14.2. The summed E-state index contributed by atoms with van der Waals surface area (Å²) in [5, 5.41) is 19.1. The second-order valence-electron chi connectivity index (χ2n) is 7.47. The van der Waals surface area contributed by atoms with E-state index in [1.165, 1.54) is 18.9 Å². The number of aromatic amines is 1. The number of nitrogens with one attached hydrogen (secondary N) is 2. The third-order valence-electron chi connectivity index (χ3n) is 5.39. The van der Waals surface area contributed by atoms with Crippen LogP contribution in [-0.4, -0.2) is 22.3 Å². The highest BCUT2D eigenvalue weighted by Gasteiger charge is 2.38. The van der Waals surface area contributed by atoms with Crippen molar-refractivity contribution in [3.63, 3.8) is 0 Å². The number of anilines is 1. The van der Waals surface area contributed by atoms with E-state index in [4.69, 9.17) is 9.84 Å². The Kier molecular flexibility index (Phi) is 5.82. The topological polar surface area (TPSA) is 91.1 Å². The second-order valence-corrected chi connectivity index (χ2v) is 9.29. The van der Waals surface area contributed by atoms with Crippen molar-refractivity contribution in [2.75, 3.05) is 12.4 Å². The lowest BCUT2D eigenvalue weighted by Crippen LogP contribution is -2.55. The van der Waals surface area contributed by atoms with E-state index in [2.05, 4.69) is 26.2 Å². The van der Waals surface area contributed by atoms with E-state index in [9.17, 15) is 9.90 Å². The third kappa shape index (κ3) is 4.09. The molecule has 5 rings (SSSR count). The summed E-state index contributed by atoms with van der Waals surface area (Å²) in [4.78, 5) is 16.2. The summed E-state index contributed by atoms with van der Waals surface area (Å²) in [6.07, 6.45) is -0.487. The van der Waals surface area contributed by atoms with Crippen molar-refractivity contribution in [3.05, 3.63) is 92.7 Å². The summed E-state index contributed by atoms with van der Waals surface area (Å²) in [7, 11) is 1.50. The Balaban J connectivity index is 1.63. The van der Waals surface area contributed by atoms with Gasteiger partial charge in [0.1, 0.15) is 0 Å². The molecule has 0 saturated carbocycles. The van der Waals surface area contributed by atoms with Crippen molar-refractivity contribution in [2.45, 2.75) is 17.1 Å². The summed E-state index contributed by atoms with van der Waals surface area (Å²) in [6, 6.07) is 21.2. The van der Waals surface area contributed by atoms with E-state index >= 15 is 0 Å². The smallest absolute Gasteiger partial charge is 0.325 e. The van der Waals surface area contributed by atoms with Crippen LogP contribution in [0.4, 0.5) is 5.69 Å². The van der Waals surface area contributed by atoms with Gasteiger partial charge in [-0.15, -0.1) is 0 Å². The van der Waals surface area contributed by atoms with Gasteiger partial charge >= 0.3 is 11.3 Å². The standard InChI is InChI=1S/C24H19BrN4O3S/c1-32-19-12-15(11-17(25)21(19)30)22-26-18-10-6-5-9-16(18)20-23(31)27-24(28-29(20)22)33-13-14-7-3-2-4-8-14/h2-12,22H,13H2,1H3,(H2,27,28,30,31)/p+1/t22-/m0/s1. The Morgan fingerprint density at radius 3 is 2.70 bits per heavy atom. The molecular weight excluding hydrogens is 504 g/mol. The Labute approximate surface area is 202 Å². The highest BCUT2D eigenvalue weighted by atomic mass is 79.9. The fourth-order valence-corrected chi connectivity index (χ4v) is 5.08. The van der Waals surface area contributed by atoms with Gasteiger partial charge in [-0.1, -0.05) is 54.2 Å². The molecule has 0 aliphatic carbocycles. The van der Waals surface area contributed by atoms with E-state index < -0.39 is 6.17 Å². The molecule has 9 heteroatoms. The van der Waals surface area contributed by atoms with Crippen LogP contribution >= 0.6 is 27.7 Å². The van der Waals surface area contributed by atoms with Crippen molar-refractivity contribution in [3.8, 4) is 22.8 Å². The van der Waals surface area contributed by atoms with Crippen molar-refractivity contribution in [2.24, 2.45) is 0 Å². The number of hydrogen-bond donors (Lipinski definition) is 3. The molecular formula is C24H20BrN4O3S+. The Morgan fingerprint density at radius 1 is 1.15 bits per heavy atom. The van der Waals surface area contributed by atoms with Gasteiger partial charge in [-0.25, -0.2) is 0 Å². The molecule has 7 nitrogen and oxygen atoms in total. The first-order valence-corrected chi connectivity index (χ1v) is 12.0. The molecule has 0 radical (unpaired) electrons. The summed E-state index contributed by atoms with van der Waals surface area (Å²) >= 11 is 4.86. The molecule has 1 aliphatic heterocycles. The lowest BCUT2D eigenvalue weighted by Gasteiger charge is -2.23. The number of aromatic nitrogens is 3. The molecule has 0 bridgehead atoms. The number of para-hydroxylation sites is 1. The molecule has 0 spiro atoms. The fourth-order valence-electron chi connectivity index (χ4n) is 3.81. The quantitative estimate of drug-likeness (QED) is 0.264. The minimum atomic E-state index is -0.487. The van der Waals surface area contributed by atoms with Crippen molar-refractivity contribution < 1.29 is 14.5 Å². The lowest BCUT2D eigenvalue weighted by molar-refractivity contribution is -0.759. The number of phenolic OH excluding ortho intramolecular Hbond substituents is 1. The van der Waals surface area contributed by atoms with Crippen LogP contribution < -0.4 is 20.3 Å². The maximum atomic E-state index is 13.2. The molecule has 0 unspecified atom stereocenters. The number of rotatable bonds is 5. The first kappa shape index (κ1) is 21.5. The van der Waals surface area contributed by atoms with E-state index in [1.54, 1.807) is 16.8 Å². The second kappa shape index (κ2) is 8.92. The largest absolute Gasteiger partial charge is 0.503 e. The molecule has 1 aromatic heterocycles. The first-order chi connectivity index (χ1) is 16.0. The van der Waals surface area contributed by atoms with Crippen LogP contribution in [0.2, 0.25) is 0 Å². The maximum absolute atomic E-state index is 13.2. The van der Waals surface area contributed by atoms with Crippen LogP contribution in [0, 0.1) is 0 Å². The summed E-state index contributed by atoms with van der Waals surface area (Å²) in [6.45, 7) is 0. The van der Waals surface area contributed by atoms with Crippen LogP contribution in [0.3, 0.4) is 0 Å². The SMILES string of the molecule is COc1cc([C@H]2Nc3ccccc3-c3c(=O)[nH]c(SCc4ccccc4)n[n+]32)cc(Br)c1O. The summed E-state index contributed by atoms with van der Waals surface area (Å²) in [5.74, 6) is 1.02. The average Bonchev–Trinajstić information content (AvgIpc) is 2.84. The van der Waals surface area contributed by atoms with Crippen molar-refractivity contribution in [1.82, 2.24) is 10.1 Å². The number of H-pyrrole nitrogens is 1. The minimum absolute atomic E-state index is 0.0145. The first-order valence-electron chi connectivity index (χ1n) is 10.2. The van der Waals surface area contributed by atoms with E-state index in [1.807, 2.05) is 54.6 Å². The van der Waals surface area contributed by atoms with E-state index in [-0.39, 0.29) is 11.3 Å². The van der Waals surface area contributed by atoms with Gasteiger partial charge in [0.2, 0.25) is 5.16 Å². The van der Waals surface area contributed by atoms with Gasteiger partial charge in [-0.05, 0) is 50.4 Å². The molecule has 1 atom stereocenters. The minimum Gasteiger partial charge on any atom is -0.503 e. The number of thioether (sulfide) groups is 1. The number of ether oxygens (including phenoxy) is 1. The maximum Gasteiger partial charge on any atom is 0.325 e. The molecule has 166 valence electrons. The number of nitrogens with zero attached hydrogens (tertiary/aromatic N) is 2. The Bertz CT molecular complexity index is 1390. The monoisotopic (exact) mass is 523 g/mol. The fraction of sp³-hybridized carbons (Fsp3) is 0.125. The van der Waals surface area contributed by atoms with Crippen LogP contribution in [0.1, 0.15) is 17.3 Å². The highest BCUT2D eigenvalue weighted by molar-refractivity contribution is 9.10. The molecule has 0 fully saturated rings. The number of fused-ring (bicyclic) bond motifs is 3. The average molecular weight is 524 g/mol. The zero-order valence-electron chi connectivity index (χ0n) is 17.6. The van der Waals surface area contributed by atoms with E-state index in [0.29, 0.717) is 26.8 Å². The van der Waals surface area contributed by atoms with Gasteiger partial charge in [-0.2, -0.15) is 0 Å². The number of phenols is 1. The molecule has 4 aromatic rings. The predicted octanol–water partition coefficient (Wildman–Crippen LogP) is 4.47. The highest BCUT2D eigenvalue weighted by Crippen LogP contribution is 2.39. The number of benzene rings is 3. The molecule has 0 amide bonds. The molecule has 3 aromatic carbocycles. The molecule has 1 aliphatic rings. The van der Waals surface area contributed by atoms with Gasteiger partial charge in [0.15, 0.2) is 11.5 Å². The molecule has 0 saturated heterocycles. The van der Waals surface area contributed by atoms with E-state index in [0.717, 1.165) is 22.4 Å². The lowest BCUT2D eigenvalue weighted by atomic mass is 10.0. The molecule has 3 N–H and O–H groups in total. The van der Waals surface area contributed by atoms with Gasteiger partial charge in [0, 0.05) is 16.4 Å². The third-order valence-corrected chi connectivity index (χ3v) is 6.93. The van der Waals surface area contributed by atoms with Gasteiger partial charge in [-0.3, -0.25) is 9.78 Å². The van der Waals surface area contributed by atoms with Gasteiger partial charge in [0.25, 0.3) is 6.17 Å². The van der Waals surface area contributed by atoms with Crippen molar-refractivity contribution >= 4 is 33.4 Å². The Hall–Kier alpha value is -3.30. The molecule has 33 heavy (non-hydrogen) atoms. The number of halogens is 1. The number of hydrogen-bond acceptors (Lipinski definition) is 6. The predicted molar refractivity (Wildman–Crippen MR) is 131 cm³/mol. The zero-order chi connectivity index (χ0) is 22.9. The van der Waals surface area contributed by atoms with Gasteiger partial charge in [0.05, 0.1) is 22.8 Å². The Morgan fingerprint density at radius 2 is 1.91 bits per heavy atom. The van der Waals surface area contributed by atoms with Crippen LogP contribution in [-0.2, 0) is 5.75 Å². The number of methoxy groups -OCH3 is 1. The van der Waals surface area contributed by atoms with Crippen LogP contribution in [0.25, 0.3) is 11.3 Å². The summed E-state index contributed by atoms with van der Waals surface area (Å²) < 4.78 is 7.53. The van der Waals surface area contributed by atoms with Crippen LogP contribution in [0.15, 0.2) is 81.2 Å². The van der Waals surface area contributed by atoms with Gasteiger partial charge < -0.3 is 15.2 Å². The van der Waals surface area contributed by atoms with Crippen LogP contribution in [0.5, 0.6) is 11.5 Å². The zero-order valence-corrected chi connectivity index (χ0v) is 20.0. The summed E-state index contributed by atoms with van der Waals surface area (Å²) in [5.41, 5.74) is 3.75. The van der Waals surface area contributed by atoms with Crippen molar-refractivity contribution in [1.29, 1.82) is 0 Å².